The first kappa shape index (κ1) is 18.3. The molecule has 0 saturated carbocycles. The van der Waals surface area contributed by atoms with Gasteiger partial charge in [0, 0.05) is 18.1 Å². The number of benzene rings is 2. The van der Waals surface area contributed by atoms with Crippen LogP contribution in [-0.2, 0) is 15.8 Å². The first-order valence-electron chi connectivity index (χ1n) is 6.98. The van der Waals surface area contributed by atoms with Crippen molar-refractivity contribution in [1.82, 2.24) is 4.72 Å². The van der Waals surface area contributed by atoms with E-state index in [1.54, 1.807) is 17.8 Å². The fourth-order valence-electron chi connectivity index (χ4n) is 1.91. The molecule has 0 amide bonds. The highest BCUT2D eigenvalue weighted by molar-refractivity contribution is 9.10. The summed E-state index contributed by atoms with van der Waals surface area (Å²) in [5.74, 6) is 2.18. The van der Waals surface area contributed by atoms with Crippen molar-refractivity contribution < 1.29 is 13.2 Å². The molecule has 0 bridgehead atoms. The van der Waals surface area contributed by atoms with E-state index in [9.17, 15) is 8.42 Å². The predicted molar refractivity (Wildman–Crippen MR) is 98.5 cm³/mol. The minimum absolute atomic E-state index is 0.221. The quantitative estimate of drug-likeness (QED) is 0.668. The molecule has 0 aromatic heterocycles. The molecule has 0 heterocycles. The number of sulfonamides is 1. The van der Waals surface area contributed by atoms with Crippen LogP contribution in [0.3, 0.4) is 0 Å². The van der Waals surface area contributed by atoms with Crippen LogP contribution in [0.2, 0.25) is 0 Å². The number of nitrogens with one attached hydrogen (secondary N) is 1. The van der Waals surface area contributed by atoms with Crippen LogP contribution >= 0.6 is 27.7 Å². The van der Waals surface area contributed by atoms with Crippen LogP contribution in [0.25, 0.3) is 0 Å². The molecule has 2 aromatic carbocycles. The molecule has 0 saturated heterocycles. The van der Waals surface area contributed by atoms with E-state index < -0.39 is 10.0 Å². The lowest BCUT2D eigenvalue weighted by Gasteiger charge is -2.09. The molecule has 0 fully saturated rings. The zero-order chi connectivity index (χ0) is 16.7. The van der Waals surface area contributed by atoms with Crippen molar-refractivity contribution in [3.05, 3.63) is 58.6 Å². The van der Waals surface area contributed by atoms with Gasteiger partial charge in [0.05, 0.1) is 16.5 Å². The summed E-state index contributed by atoms with van der Waals surface area (Å²) in [7, 11) is -1.96. The highest BCUT2D eigenvalue weighted by Gasteiger charge is 2.15. The van der Waals surface area contributed by atoms with Crippen LogP contribution in [-0.4, -0.2) is 27.8 Å². The number of ether oxygens (including phenoxy) is 1. The van der Waals surface area contributed by atoms with Gasteiger partial charge in [-0.05, 0) is 39.7 Å². The Hall–Kier alpha value is -1.02. The first-order chi connectivity index (χ1) is 11.0. The maximum atomic E-state index is 12.2. The summed E-state index contributed by atoms with van der Waals surface area (Å²) in [6.45, 7) is 0.392. The van der Waals surface area contributed by atoms with Crippen LogP contribution in [0.5, 0.6) is 5.75 Å². The maximum Gasteiger partial charge on any atom is 0.240 e. The van der Waals surface area contributed by atoms with Crippen molar-refractivity contribution in [2.45, 2.75) is 10.6 Å². The standard InChI is InChI=1S/C16H18BrNO3S2/c1-21-16-8-7-14(11-15(16)17)23(19,20)18-9-10-22-12-13-5-3-2-4-6-13/h2-8,11,18H,9-10,12H2,1H3. The molecule has 0 aliphatic carbocycles. The lowest BCUT2D eigenvalue weighted by Crippen LogP contribution is -2.26. The molecule has 7 heteroatoms. The van der Waals surface area contributed by atoms with E-state index in [2.05, 4.69) is 32.8 Å². The third-order valence-electron chi connectivity index (χ3n) is 3.08. The monoisotopic (exact) mass is 415 g/mol. The normalized spacial score (nSPS) is 11.4. The number of halogens is 1. The second-order valence-corrected chi connectivity index (χ2v) is 8.46. The number of hydrogen-bond acceptors (Lipinski definition) is 4. The van der Waals surface area contributed by atoms with Crippen molar-refractivity contribution in [2.75, 3.05) is 19.4 Å². The first-order valence-corrected chi connectivity index (χ1v) is 10.4. The van der Waals surface area contributed by atoms with E-state index in [1.165, 1.54) is 24.8 Å². The molecule has 0 aliphatic rings. The molecule has 2 rings (SSSR count). The molecule has 0 aliphatic heterocycles. The van der Waals surface area contributed by atoms with Gasteiger partial charge < -0.3 is 4.74 Å². The lowest BCUT2D eigenvalue weighted by molar-refractivity contribution is 0.411. The van der Waals surface area contributed by atoms with E-state index in [0.29, 0.717) is 22.5 Å². The van der Waals surface area contributed by atoms with Gasteiger partial charge in [0.1, 0.15) is 5.75 Å². The Morgan fingerprint density at radius 1 is 1.17 bits per heavy atom. The van der Waals surface area contributed by atoms with Crippen LogP contribution in [0.4, 0.5) is 0 Å². The number of hydrogen-bond donors (Lipinski definition) is 1. The molecule has 23 heavy (non-hydrogen) atoms. The molecule has 0 radical (unpaired) electrons. The fourth-order valence-corrected chi connectivity index (χ4v) is 4.61. The van der Waals surface area contributed by atoms with Crippen molar-refractivity contribution in [3.8, 4) is 5.75 Å². The molecule has 0 unspecified atom stereocenters. The van der Waals surface area contributed by atoms with Gasteiger partial charge in [0.25, 0.3) is 0 Å². The van der Waals surface area contributed by atoms with E-state index in [-0.39, 0.29) is 4.90 Å². The average Bonchev–Trinajstić information content (AvgIpc) is 2.55. The third kappa shape index (κ3) is 5.53. The van der Waals surface area contributed by atoms with Crippen LogP contribution in [0.15, 0.2) is 57.9 Å². The number of thioether (sulfide) groups is 1. The van der Waals surface area contributed by atoms with Crippen molar-refractivity contribution >= 4 is 37.7 Å². The Kier molecular flexibility index (Phi) is 6.95. The molecule has 0 spiro atoms. The highest BCUT2D eigenvalue weighted by atomic mass is 79.9. The van der Waals surface area contributed by atoms with Crippen molar-refractivity contribution in [1.29, 1.82) is 0 Å². The minimum Gasteiger partial charge on any atom is -0.496 e. The third-order valence-corrected chi connectivity index (χ3v) is 6.19. The van der Waals surface area contributed by atoms with Gasteiger partial charge in [-0.15, -0.1) is 0 Å². The molecule has 2 aromatic rings. The predicted octanol–water partition coefficient (Wildman–Crippen LogP) is 3.67. The zero-order valence-electron chi connectivity index (χ0n) is 12.7. The summed E-state index contributed by atoms with van der Waals surface area (Å²) < 4.78 is 32.8. The minimum atomic E-state index is -3.50. The molecular weight excluding hydrogens is 398 g/mol. The SMILES string of the molecule is COc1ccc(S(=O)(=O)NCCSCc2ccccc2)cc1Br. The molecule has 1 N–H and O–H groups in total. The van der Waals surface area contributed by atoms with Crippen molar-refractivity contribution in [2.24, 2.45) is 0 Å². The van der Waals surface area contributed by atoms with Gasteiger partial charge in [-0.1, -0.05) is 30.3 Å². The van der Waals surface area contributed by atoms with E-state index >= 15 is 0 Å². The second kappa shape index (κ2) is 8.73. The van der Waals surface area contributed by atoms with Crippen LogP contribution < -0.4 is 9.46 Å². The maximum absolute atomic E-state index is 12.2. The lowest BCUT2D eigenvalue weighted by atomic mass is 10.2. The summed E-state index contributed by atoms with van der Waals surface area (Å²) in [5, 5.41) is 0. The second-order valence-electron chi connectivity index (χ2n) is 4.73. The van der Waals surface area contributed by atoms with Crippen LogP contribution in [0, 0.1) is 0 Å². The fraction of sp³-hybridized carbons (Fsp3) is 0.250. The largest absolute Gasteiger partial charge is 0.496 e. The van der Waals surface area contributed by atoms with Gasteiger partial charge in [-0.3, -0.25) is 0 Å². The van der Waals surface area contributed by atoms with Gasteiger partial charge in [0.15, 0.2) is 0 Å². The smallest absolute Gasteiger partial charge is 0.240 e. The highest BCUT2D eigenvalue weighted by Crippen LogP contribution is 2.27. The molecular formula is C16H18BrNO3S2. The van der Waals surface area contributed by atoms with Crippen molar-refractivity contribution in [3.63, 3.8) is 0 Å². The van der Waals surface area contributed by atoms with Gasteiger partial charge in [-0.25, -0.2) is 13.1 Å². The summed E-state index contributed by atoms with van der Waals surface area (Å²) in [6, 6.07) is 14.8. The Balaban J connectivity index is 1.83. The summed E-state index contributed by atoms with van der Waals surface area (Å²) in [5.41, 5.74) is 1.24. The van der Waals surface area contributed by atoms with Gasteiger partial charge >= 0.3 is 0 Å². The van der Waals surface area contributed by atoms with Crippen LogP contribution in [0.1, 0.15) is 5.56 Å². The molecule has 0 atom stereocenters. The van der Waals surface area contributed by atoms with E-state index in [0.717, 1.165) is 5.75 Å². The summed E-state index contributed by atoms with van der Waals surface area (Å²) in [4.78, 5) is 0.221. The Labute approximate surface area is 149 Å². The average molecular weight is 416 g/mol. The van der Waals surface area contributed by atoms with Gasteiger partial charge in [-0.2, -0.15) is 11.8 Å². The molecule has 124 valence electrons. The summed E-state index contributed by atoms with van der Waals surface area (Å²) in [6.07, 6.45) is 0. The topological polar surface area (TPSA) is 55.4 Å². The van der Waals surface area contributed by atoms with Gasteiger partial charge in [0.2, 0.25) is 10.0 Å². The molecule has 4 nitrogen and oxygen atoms in total. The Bertz CT molecular complexity index is 736. The summed E-state index contributed by atoms with van der Waals surface area (Å²) >= 11 is 4.99. The zero-order valence-corrected chi connectivity index (χ0v) is 15.9. The van der Waals surface area contributed by atoms with E-state index in [1.807, 2.05) is 18.2 Å². The Morgan fingerprint density at radius 3 is 2.57 bits per heavy atom. The Morgan fingerprint density at radius 2 is 1.91 bits per heavy atom. The number of methoxy groups -OCH3 is 1. The van der Waals surface area contributed by atoms with E-state index in [4.69, 9.17) is 4.74 Å². The number of rotatable bonds is 8.